The molecule has 8 heteroatoms. The fourth-order valence-corrected chi connectivity index (χ4v) is 2.63. The Balaban J connectivity index is 2.00. The van der Waals surface area contributed by atoms with Gasteiger partial charge < -0.3 is 5.11 Å². The van der Waals surface area contributed by atoms with Crippen molar-refractivity contribution in [1.29, 1.82) is 0 Å². The van der Waals surface area contributed by atoms with Crippen molar-refractivity contribution in [3.63, 3.8) is 0 Å². The first-order valence-corrected chi connectivity index (χ1v) is 8.44. The van der Waals surface area contributed by atoms with Gasteiger partial charge in [-0.15, -0.1) is 0 Å². The maximum absolute atomic E-state index is 12.2. The van der Waals surface area contributed by atoms with Gasteiger partial charge >= 0.3 is 5.69 Å². The van der Waals surface area contributed by atoms with Crippen molar-refractivity contribution in [2.75, 3.05) is 0 Å². The molecule has 0 unspecified atom stereocenters. The molecule has 1 amide bonds. The molecule has 1 heterocycles. The molecule has 0 saturated heterocycles. The first-order chi connectivity index (χ1) is 13.4. The molecule has 0 radical (unpaired) electrons. The number of hydrogen-bond acceptors (Lipinski definition) is 5. The molecule has 0 saturated carbocycles. The minimum absolute atomic E-state index is 0.0453. The Morgan fingerprint density at radius 2 is 1.71 bits per heavy atom. The number of hydrazone groups is 1. The fraction of sp³-hybridized carbons (Fsp3) is 0.100. The summed E-state index contributed by atoms with van der Waals surface area (Å²) in [6.45, 7) is 3.33. The van der Waals surface area contributed by atoms with Crippen LogP contribution in [0.4, 0.5) is 0 Å². The van der Waals surface area contributed by atoms with Gasteiger partial charge in [-0.2, -0.15) is 5.10 Å². The number of rotatable bonds is 4. The minimum Gasteiger partial charge on any atom is -0.493 e. The highest BCUT2D eigenvalue weighted by Gasteiger charge is 2.18. The normalized spacial score (nSPS) is 11.3. The SMILES string of the molecule is C/C(=N/NC(=O)c1ccccc1)c1c(O)n(-c2ccc(C)cc2)c(=O)[nH]c1=O. The second kappa shape index (κ2) is 7.75. The molecule has 0 bridgehead atoms. The molecular formula is C20H18N4O4. The molecule has 3 rings (SSSR count). The molecule has 2 aromatic carbocycles. The largest absolute Gasteiger partial charge is 0.493 e. The number of nitrogens with zero attached hydrogens (tertiary/aromatic N) is 2. The van der Waals surface area contributed by atoms with Crippen LogP contribution in [0.3, 0.4) is 0 Å². The number of aromatic nitrogens is 2. The van der Waals surface area contributed by atoms with E-state index in [1.807, 2.05) is 6.92 Å². The fourth-order valence-electron chi connectivity index (χ4n) is 2.63. The summed E-state index contributed by atoms with van der Waals surface area (Å²) in [4.78, 5) is 38.7. The molecule has 3 aromatic rings. The molecule has 0 aliphatic carbocycles. The van der Waals surface area contributed by atoms with Crippen molar-refractivity contribution in [1.82, 2.24) is 15.0 Å². The number of aromatic hydroxyl groups is 1. The average molecular weight is 378 g/mol. The molecule has 142 valence electrons. The van der Waals surface area contributed by atoms with E-state index in [0.29, 0.717) is 11.3 Å². The van der Waals surface area contributed by atoms with Crippen LogP contribution in [0, 0.1) is 6.92 Å². The Morgan fingerprint density at radius 3 is 2.36 bits per heavy atom. The number of carbonyl (C=O) groups excluding carboxylic acids is 1. The third-order valence-corrected chi connectivity index (χ3v) is 4.10. The summed E-state index contributed by atoms with van der Waals surface area (Å²) in [7, 11) is 0. The molecule has 0 aliphatic heterocycles. The Hall–Kier alpha value is -3.94. The van der Waals surface area contributed by atoms with E-state index in [1.54, 1.807) is 54.6 Å². The number of carbonyl (C=O) groups is 1. The van der Waals surface area contributed by atoms with Crippen molar-refractivity contribution >= 4 is 11.6 Å². The van der Waals surface area contributed by atoms with Crippen molar-refractivity contribution in [3.8, 4) is 11.6 Å². The monoisotopic (exact) mass is 378 g/mol. The maximum Gasteiger partial charge on any atom is 0.335 e. The first-order valence-electron chi connectivity index (χ1n) is 8.44. The van der Waals surface area contributed by atoms with Crippen LogP contribution in [-0.2, 0) is 0 Å². The Bertz CT molecular complexity index is 1160. The van der Waals surface area contributed by atoms with Crippen molar-refractivity contribution < 1.29 is 9.90 Å². The summed E-state index contributed by atoms with van der Waals surface area (Å²) < 4.78 is 0.966. The van der Waals surface area contributed by atoms with Gasteiger partial charge in [0.25, 0.3) is 11.5 Å². The van der Waals surface area contributed by atoms with E-state index in [2.05, 4.69) is 15.5 Å². The van der Waals surface area contributed by atoms with Gasteiger partial charge in [0, 0.05) is 5.56 Å². The molecular weight excluding hydrogens is 360 g/mol. The average Bonchev–Trinajstić information content (AvgIpc) is 2.68. The lowest BCUT2D eigenvalue weighted by molar-refractivity contribution is 0.0955. The molecule has 0 fully saturated rings. The van der Waals surface area contributed by atoms with Crippen LogP contribution < -0.4 is 16.7 Å². The first kappa shape index (κ1) is 18.8. The van der Waals surface area contributed by atoms with Gasteiger partial charge in [-0.05, 0) is 38.1 Å². The third-order valence-electron chi connectivity index (χ3n) is 4.10. The third kappa shape index (κ3) is 3.75. The quantitative estimate of drug-likeness (QED) is 0.473. The van der Waals surface area contributed by atoms with E-state index in [4.69, 9.17) is 0 Å². The second-order valence-electron chi connectivity index (χ2n) is 6.13. The lowest BCUT2D eigenvalue weighted by atomic mass is 10.2. The van der Waals surface area contributed by atoms with Crippen LogP contribution >= 0.6 is 0 Å². The summed E-state index contributed by atoms with van der Waals surface area (Å²) in [5.74, 6) is -1.03. The lowest BCUT2D eigenvalue weighted by Crippen LogP contribution is -2.33. The van der Waals surface area contributed by atoms with E-state index in [9.17, 15) is 19.5 Å². The van der Waals surface area contributed by atoms with Crippen LogP contribution in [0.1, 0.15) is 28.4 Å². The second-order valence-corrected chi connectivity index (χ2v) is 6.13. The van der Waals surface area contributed by atoms with E-state index < -0.39 is 23.0 Å². The Kier molecular flexibility index (Phi) is 5.21. The summed E-state index contributed by atoms with van der Waals surface area (Å²) in [5, 5.41) is 14.5. The molecule has 0 aliphatic rings. The highest BCUT2D eigenvalue weighted by atomic mass is 16.3. The molecule has 1 aromatic heterocycles. The lowest BCUT2D eigenvalue weighted by Gasteiger charge is -2.11. The van der Waals surface area contributed by atoms with Crippen molar-refractivity contribution in [3.05, 3.63) is 92.1 Å². The molecule has 8 nitrogen and oxygen atoms in total. The van der Waals surface area contributed by atoms with Crippen LogP contribution in [0.15, 0.2) is 69.3 Å². The van der Waals surface area contributed by atoms with Gasteiger partial charge in [0.2, 0.25) is 5.88 Å². The Labute approximate surface area is 159 Å². The van der Waals surface area contributed by atoms with Gasteiger partial charge in [-0.1, -0.05) is 35.9 Å². The minimum atomic E-state index is -0.805. The van der Waals surface area contributed by atoms with Crippen LogP contribution in [0.25, 0.3) is 5.69 Å². The smallest absolute Gasteiger partial charge is 0.335 e. The summed E-state index contributed by atoms with van der Waals surface area (Å²) in [6.07, 6.45) is 0. The Morgan fingerprint density at radius 1 is 1.07 bits per heavy atom. The number of aromatic amines is 1. The highest BCUT2D eigenvalue weighted by Crippen LogP contribution is 2.17. The predicted octanol–water partition coefficient (Wildman–Crippen LogP) is 1.69. The number of aryl methyl sites for hydroxylation is 1. The molecule has 0 spiro atoms. The van der Waals surface area contributed by atoms with Crippen molar-refractivity contribution in [2.45, 2.75) is 13.8 Å². The maximum atomic E-state index is 12.2. The van der Waals surface area contributed by atoms with Gasteiger partial charge in [0.15, 0.2) is 0 Å². The number of H-pyrrole nitrogens is 1. The topological polar surface area (TPSA) is 117 Å². The summed E-state index contributed by atoms with van der Waals surface area (Å²) in [6, 6.07) is 15.2. The predicted molar refractivity (Wildman–Crippen MR) is 105 cm³/mol. The van der Waals surface area contributed by atoms with E-state index in [1.165, 1.54) is 6.92 Å². The summed E-state index contributed by atoms with van der Waals surface area (Å²) in [5.41, 5.74) is 2.32. The highest BCUT2D eigenvalue weighted by molar-refractivity contribution is 6.02. The standard InChI is InChI=1S/C20H18N4O4/c1-12-8-10-15(11-9-12)24-19(27)16(18(26)21-20(24)28)13(2)22-23-17(25)14-6-4-3-5-7-14/h3-11,27H,1-2H3,(H,23,25)(H,21,26,28)/b22-13-. The van der Waals surface area contributed by atoms with Gasteiger partial charge in [0.1, 0.15) is 5.56 Å². The zero-order valence-corrected chi connectivity index (χ0v) is 15.3. The zero-order chi connectivity index (χ0) is 20.3. The number of nitrogens with one attached hydrogen (secondary N) is 2. The number of hydrogen-bond donors (Lipinski definition) is 3. The van der Waals surface area contributed by atoms with Crippen LogP contribution in [-0.4, -0.2) is 26.3 Å². The molecule has 0 atom stereocenters. The number of amides is 1. The van der Waals surface area contributed by atoms with Crippen LogP contribution in [0.5, 0.6) is 5.88 Å². The van der Waals surface area contributed by atoms with Crippen molar-refractivity contribution in [2.24, 2.45) is 5.10 Å². The zero-order valence-electron chi connectivity index (χ0n) is 15.3. The van der Waals surface area contributed by atoms with E-state index in [0.717, 1.165) is 10.1 Å². The van der Waals surface area contributed by atoms with Gasteiger partial charge in [-0.25, -0.2) is 14.8 Å². The summed E-state index contributed by atoms with van der Waals surface area (Å²) >= 11 is 0. The number of benzene rings is 2. The van der Waals surface area contributed by atoms with E-state index in [-0.39, 0.29) is 11.3 Å². The molecule has 3 N–H and O–H groups in total. The van der Waals surface area contributed by atoms with Gasteiger partial charge in [0.05, 0.1) is 11.4 Å². The molecule has 28 heavy (non-hydrogen) atoms. The van der Waals surface area contributed by atoms with E-state index >= 15 is 0 Å². The van der Waals surface area contributed by atoms with Crippen LogP contribution in [0.2, 0.25) is 0 Å². The van der Waals surface area contributed by atoms with Gasteiger partial charge in [-0.3, -0.25) is 14.6 Å².